The lowest BCUT2D eigenvalue weighted by atomic mass is 9.98. The summed E-state index contributed by atoms with van der Waals surface area (Å²) < 4.78 is 5.63. The number of esters is 1. The van der Waals surface area contributed by atoms with Gasteiger partial charge in [-0.15, -0.1) is 37.2 Å². The minimum absolute atomic E-state index is 0. The van der Waals surface area contributed by atoms with Crippen molar-refractivity contribution in [1.29, 1.82) is 5.41 Å². The second-order valence-electron chi connectivity index (χ2n) is 8.20. The van der Waals surface area contributed by atoms with Crippen molar-refractivity contribution in [3.05, 3.63) is 71.3 Å². The first-order valence-corrected chi connectivity index (χ1v) is 10.9. The van der Waals surface area contributed by atoms with Crippen LogP contribution in [0.25, 0.3) is 10.8 Å². The molecule has 0 aliphatic heterocycles. The molecule has 3 aromatic rings. The number of hydrogen-bond donors (Lipinski definition) is 5. The minimum atomic E-state index is -0.588. The zero-order valence-corrected chi connectivity index (χ0v) is 23.3. The van der Waals surface area contributed by atoms with Crippen molar-refractivity contribution in [2.45, 2.75) is 6.42 Å². The number of nitrogens with zero attached hydrogens (tertiary/aromatic N) is 2. The van der Waals surface area contributed by atoms with Crippen molar-refractivity contribution in [2.75, 3.05) is 32.5 Å². The van der Waals surface area contributed by atoms with Gasteiger partial charge in [-0.1, -0.05) is 18.2 Å². The molecular weight excluding hydrogens is 553 g/mol. The largest absolute Gasteiger partial charge is 0.423 e. The molecule has 10 nitrogen and oxygen atoms in total. The molecule has 1 amide bonds. The number of nitrogens with one attached hydrogen (secondary N) is 2. The highest BCUT2D eigenvalue weighted by molar-refractivity contribution is 6.01. The van der Waals surface area contributed by atoms with Gasteiger partial charge in [0, 0.05) is 23.4 Å². The van der Waals surface area contributed by atoms with E-state index in [2.05, 4.69) is 10.3 Å². The molecule has 0 spiro atoms. The van der Waals surface area contributed by atoms with E-state index in [4.69, 9.17) is 27.3 Å². The van der Waals surface area contributed by atoms with E-state index in [1.54, 1.807) is 54.6 Å². The first kappa shape index (κ1) is 34.4. The number of halogens is 3. The lowest BCUT2D eigenvalue weighted by Crippen LogP contribution is -2.25. The summed E-state index contributed by atoms with van der Waals surface area (Å²) in [5.41, 5.74) is 18.9. The number of likely N-dealkylation sites (N-methyl/N-ethyl adjacent to an activating group) is 1. The fraction of sp³-hybridized carbons (Fsp3) is 0.200. The first-order valence-electron chi connectivity index (χ1n) is 10.9. The molecule has 0 aliphatic rings. The third-order valence-corrected chi connectivity index (χ3v) is 5.18. The van der Waals surface area contributed by atoms with E-state index >= 15 is 0 Å². The number of carbonyl (C=O) groups excluding carboxylic acids is 2. The van der Waals surface area contributed by atoms with Crippen LogP contribution in [0.4, 0.5) is 5.69 Å². The summed E-state index contributed by atoms with van der Waals surface area (Å²) >= 11 is 0. The molecule has 0 fully saturated rings. The van der Waals surface area contributed by atoms with Crippen molar-refractivity contribution in [1.82, 2.24) is 4.90 Å². The third kappa shape index (κ3) is 9.38. The molecule has 0 heterocycles. The number of benzene rings is 3. The Morgan fingerprint density at radius 3 is 2.16 bits per heavy atom. The maximum absolute atomic E-state index is 12.8. The van der Waals surface area contributed by atoms with Crippen LogP contribution in [0.1, 0.15) is 21.5 Å². The van der Waals surface area contributed by atoms with Crippen molar-refractivity contribution in [3.63, 3.8) is 0 Å². The van der Waals surface area contributed by atoms with E-state index in [1.165, 1.54) is 0 Å². The summed E-state index contributed by atoms with van der Waals surface area (Å²) in [7, 11) is 3.91. The summed E-state index contributed by atoms with van der Waals surface area (Å²) in [4.78, 5) is 30.8. The Bertz CT molecular complexity index is 1300. The van der Waals surface area contributed by atoms with Crippen LogP contribution in [0.15, 0.2) is 59.6 Å². The quantitative estimate of drug-likeness (QED) is 0.111. The number of aliphatic imine (C=N–C) groups is 1. The van der Waals surface area contributed by atoms with Gasteiger partial charge in [-0.2, -0.15) is 0 Å². The van der Waals surface area contributed by atoms with Crippen LogP contribution in [-0.4, -0.2) is 55.8 Å². The predicted octanol–water partition coefficient (Wildman–Crippen LogP) is 2.92. The van der Waals surface area contributed by atoms with Gasteiger partial charge >= 0.3 is 5.97 Å². The van der Waals surface area contributed by atoms with Crippen LogP contribution in [0.2, 0.25) is 0 Å². The summed E-state index contributed by atoms with van der Waals surface area (Å²) in [5.74, 6) is -0.711. The zero-order valence-electron chi connectivity index (χ0n) is 20.9. The van der Waals surface area contributed by atoms with Gasteiger partial charge in [0.25, 0.3) is 0 Å². The van der Waals surface area contributed by atoms with Crippen LogP contribution in [0.5, 0.6) is 5.75 Å². The molecule has 38 heavy (non-hydrogen) atoms. The number of amides is 1. The van der Waals surface area contributed by atoms with Gasteiger partial charge < -0.3 is 32.2 Å². The van der Waals surface area contributed by atoms with Gasteiger partial charge in [0.15, 0.2) is 5.96 Å². The lowest BCUT2D eigenvalue weighted by molar-refractivity contribution is -0.117. The van der Waals surface area contributed by atoms with E-state index < -0.39 is 11.9 Å². The molecule has 0 bridgehead atoms. The Morgan fingerprint density at radius 1 is 0.947 bits per heavy atom. The molecule has 8 N–H and O–H groups in total. The molecule has 0 atom stereocenters. The number of amidine groups is 1. The standard InChI is InChI=1S/C25H29N7O3.3ClH/c1-32(2)12-11-30-25(29)31-18-7-3-15(4-8-18)24(34)35-21-10-6-16-13-17(23(27)28)5-9-19(16)20(21)14-22(26)33;;;/h3-10,13H,11-12,14H2,1-2H3,(H2,26,33)(H3,27,28)(H3,29,30,31);3*1H. The monoisotopic (exact) mass is 583 g/mol. The molecule has 13 heteroatoms. The summed E-state index contributed by atoms with van der Waals surface area (Å²) in [6.45, 7) is 1.34. The lowest BCUT2D eigenvalue weighted by Gasteiger charge is -2.13. The fourth-order valence-corrected chi connectivity index (χ4v) is 3.40. The smallest absolute Gasteiger partial charge is 0.343 e. The molecule has 3 rings (SSSR count). The molecule has 3 aromatic carbocycles. The highest BCUT2D eigenvalue weighted by atomic mass is 35.5. The number of guanidine groups is 1. The van der Waals surface area contributed by atoms with Gasteiger partial charge in [-0.05, 0) is 61.3 Å². The van der Waals surface area contributed by atoms with Gasteiger partial charge in [0.1, 0.15) is 11.6 Å². The topological polar surface area (TPSA) is 173 Å². The van der Waals surface area contributed by atoms with E-state index in [0.717, 1.165) is 11.9 Å². The Labute approximate surface area is 239 Å². The van der Waals surface area contributed by atoms with Crippen molar-refractivity contribution in [2.24, 2.45) is 22.2 Å². The van der Waals surface area contributed by atoms with Gasteiger partial charge in [0.05, 0.1) is 18.5 Å². The molecule has 0 saturated carbocycles. The summed E-state index contributed by atoms with van der Waals surface area (Å²) in [5, 5.41) is 12.0. The average Bonchev–Trinajstić information content (AvgIpc) is 2.80. The molecular formula is C25H32Cl3N7O3. The van der Waals surface area contributed by atoms with Crippen molar-refractivity contribution >= 4 is 77.4 Å². The third-order valence-electron chi connectivity index (χ3n) is 5.18. The van der Waals surface area contributed by atoms with Gasteiger partial charge in [-0.3, -0.25) is 15.2 Å². The Morgan fingerprint density at radius 2 is 1.58 bits per heavy atom. The van der Waals surface area contributed by atoms with Gasteiger partial charge in [-0.25, -0.2) is 4.79 Å². The Kier molecular flexibility index (Phi) is 14.2. The van der Waals surface area contributed by atoms with Crippen molar-refractivity contribution < 1.29 is 14.3 Å². The summed E-state index contributed by atoms with van der Waals surface area (Å²) in [6.07, 6.45) is -0.116. The molecule has 0 unspecified atom stereocenters. The SMILES string of the molecule is CN(C)CCN=C(N)Nc1ccc(C(=O)Oc2ccc3cc(C(=N)N)ccc3c2CC(N)=O)cc1.Cl.Cl.Cl. The van der Waals surface area contributed by atoms with Crippen LogP contribution in [-0.2, 0) is 11.2 Å². The van der Waals surface area contributed by atoms with Crippen LogP contribution in [0, 0.1) is 5.41 Å². The normalized spacial score (nSPS) is 10.6. The number of anilines is 1. The number of nitrogens with two attached hydrogens (primary N) is 3. The van der Waals surface area contributed by atoms with Crippen LogP contribution in [0.3, 0.4) is 0 Å². The van der Waals surface area contributed by atoms with Crippen molar-refractivity contribution in [3.8, 4) is 5.75 Å². The maximum Gasteiger partial charge on any atom is 0.343 e. The molecule has 206 valence electrons. The number of rotatable bonds is 9. The Balaban J connectivity index is 0.00000456. The number of nitrogen functional groups attached to an aromatic ring is 1. The Hall–Kier alpha value is -3.57. The second kappa shape index (κ2) is 15.6. The number of ether oxygens (including phenoxy) is 1. The van der Waals surface area contributed by atoms with Gasteiger partial charge in [0.2, 0.25) is 5.91 Å². The molecule has 0 aliphatic carbocycles. The highest BCUT2D eigenvalue weighted by Crippen LogP contribution is 2.30. The molecule has 0 saturated heterocycles. The predicted molar refractivity (Wildman–Crippen MR) is 160 cm³/mol. The maximum atomic E-state index is 12.8. The number of fused-ring (bicyclic) bond motifs is 1. The zero-order chi connectivity index (χ0) is 25.5. The first-order chi connectivity index (χ1) is 16.6. The second-order valence-corrected chi connectivity index (χ2v) is 8.20. The van der Waals surface area contributed by atoms with E-state index in [0.29, 0.717) is 34.3 Å². The van der Waals surface area contributed by atoms with E-state index in [-0.39, 0.29) is 61.2 Å². The average molecular weight is 585 g/mol. The molecule has 0 radical (unpaired) electrons. The summed E-state index contributed by atoms with van der Waals surface area (Å²) in [6, 6.07) is 15.1. The van der Waals surface area contributed by atoms with E-state index in [1.807, 2.05) is 19.0 Å². The van der Waals surface area contributed by atoms with E-state index in [9.17, 15) is 9.59 Å². The highest BCUT2D eigenvalue weighted by Gasteiger charge is 2.16. The number of primary amides is 1. The minimum Gasteiger partial charge on any atom is -0.423 e. The van der Waals surface area contributed by atoms with Crippen LogP contribution < -0.4 is 27.3 Å². The number of carbonyl (C=O) groups is 2. The fourth-order valence-electron chi connectivity index (χ4n) is 3.40. The van der Waals surface area contributed by atoms with Crippen LogP contribution >= 0.6 is 37.2 Å². The number of hydrogen-bond acceptors (Lipinski definition) is 6. The molecule has 0 aromatic heterocycles.